The Hall–Kier alpha value is -0.593. The molecule has 0 unspecified atom stereocenters. The molecule has 0 saturated carbocycles. The molecule has 0 rings (SSSR count). The van der Waals surface area contributed by atoms with Crippen molar-refractivity contribution in [2.45, 2.75) is 51.0 Å². The van der Waals surface area contributed by atoms with Gasteiger partial charge in [0.15, 0.2) is 8.32 Å². The second-order valence-electron chi connectivity index (χ2n) is 5.59. The number of aliphatic hydroxyl groups is 2. The average molecular weight is 261 g/mol. The fourth-order valence-corrected chi connectivity index (χ4v) is 1.94. The third-order valence-electron chi connectivity index (χ3n) is 3.25. The Morgan fingerprint density at radius 2 is 1.94 bits per heavy atom. The van der Waals surface area contributed by atoms with Crippen molar-refractivity contribution in [3.63, 3.8) is 0 Å². The van der Waals surface area contributed by atoms with Crippen LogP contribution in [-0.2, 0) is 4.43 Å². The van der Waals surface area contributed by atoms with E-state index in [2.05, 4.69) is 43.9 Å². The van der Waals surface area contributed by atoms with Crippen molar-refractivity contribution in [1.29, 1.82) is 0 Å². The van der Waals surface area contributed by atoms with Crippen LogP contribution in [0.1, 0.15) is 20.8 Å². The fraction of sp³-hybridized carbons (Fsp3) is 1.00. The molecule has 0 aliphatic rings. The molecule has 0 spiro atoms. The molecule has 100 valence electrons. The summed E-state index contributed by atoms with van der Waals surface area (Å²) in [6.07, 6.45) is -1.07. The molecule has 7 heteroatoms. The smallest absolute Gasteiger partial charge is 0.191 e. The van der Waals surface area contributed by atoms with Gasteiger partial charge in [0.25, 0.3) is 0 Å². The molecule has 0 aromatic heterocycles. The molecule has 0 aliphatic carbocycles. The van der Waals surface area contributed by atoms with E-state index >= 15 is 0 Å². The molecule has 0 amide bonds. The number of rotatable bonds is 6. The minimum absolute atomic E-state index is 0.0536. The Bertz CT molecular complexity index is 285. The van der Waals surface area contributed by atoms with Crippen molar-refractivity contribution >= 4 is 8.32 Å². The van der Waals surface area contributed by atoms with E-state index in [1.54, 1.807) is 0 Å². The maximum Gasteiger partial charge on any atom is 0.191 e. The van der Waals surface area contributed by atoms with E-state index in [-0.39, 0.29) is 11.6 Å². The van der Waals surface area contributed by atoms with Crippen LogP contribution in [-0.4, -0.2) is 43.9 Å². The molecule has 0 bridgehead atoms. The number of hydrogen-bond acceptors (Lipinski definition) is 4. The minimum Gasteiger partial charge on any atom is -0.416 e. The van der Waals surface area contributed by atoms with Crippen LogP contribution >= 0.6 is 0 Å². The highest BCUT2D eigenvalue weighted by Crippen LogP contribution is 2.36. The molecule has 17 heavy (non-hydrogen) atoms. The molecule has 2 N–H and O–H groups in total. The van der Waals surface area contributed by atoms with Gasteiger partial charge in [0.05, 0.1) is 18.8 Å². The highest BCUT2D eigenvalue weighted by molar-refractivity contribution is 6.74. The van der Waals surface area contributed by atoms with Crippen LogP contribution in [0.5, 0.6) is 0 Å². The van der Waals surface area contributed by atoms with Gasteiger partial charge in [0.1, 0.15) is 0 Å². The van der Waals surface area contributed by atoms with Crippen molar-refractivity contribution in [1.82, 2.24) is 0 Å². The van der Waals surface area contributed by atoms with Crippen LogP contribution < -0.4 is 0 Å². The zero-order valence-electron chi connectivity index (χ0n) is 11.2. The van der Waals surface area contributed by atoms with Crippen molar-refractivity contribution in [3.8, 4) is 0 Å². The van der Waals surface area contributed by atoms with Gasteiger partial charge < -0.3 is 14.6 Å². The summed E-state index contributed by atoms with van der Waals surface area (Å²) in [6, 6.07) is -0.737. The predicted molar refractivity (Wildman–Crippen MR) is 69.2 cm³/mol. The first kappa shape index (κ1) is 16.4. The van der Waals surface area contributed by atoms with Gasteiger partial charge in [-0.25, -0.2) is 0 Å². The quantitative estimate of drug-likeness (QED) is 0.331. The summed E-state index contributed by atoms with van der Waals surface area (Å²) >= 11 is 0. The van der Waals surface area contributed by atoms with Crippen LogP contribution in [0.3, 0.4) is 0 Å². The summed E-state index contributed by atoms with van der Waals surface area (Å²) in [5, 5.41) is 21.8. The molecule has 0 aromatic carbocycles. The minimum atomic E-state index is -1.93. The molecular formula is C10H23N3O3Si. The third-order valence-corrected chi connectivity index (χ3v) is 7.75. The lowest BCUT2D eigenvalue weighted by Gasteiger charge is -2.37. The standard InChI is InChI=1S/C10H23N3O3Si/c1-10(2,3)17(4,5)16-7-8(12-13-11)9(15)6-14/h8-9,14-15H,6-7H2,1-5H3/t8-,9+/m1/s1. The number of nitrogens with zero attached hydrogens (tertiary/aromatic N) is 3. The average Bonchev–Trinajstić information content (AvgIpc) is 2.21. The van der Waals surface area contributed by atoms with Crippen LogP contribution in [0.2, 0.25) is 18.1 Å². The summed E-state index contributed by atoms with van der Waals surface area (Å²) in [4.78, 5) is 2.66. The number of aliphatic hydroxyl groups excluding tert-OH is 2. The van der Waals surface area contributed by atoms with Crippen LogP contribution in [0.15, 0.2) is 5.11 Å². The van der Waals surface area contributed by atoms with E-state index in [1.165, 1.54) is 0 Å². The molecule has 2 atom stereocenters. The van der Waals surface area contributed by atoms with Gasteiger partial charge in [-0.1, -0.05) is 25.9 Å². The van der Waals surface area contributed by atoms with Gasteiger partial charge in [-0.2, -0.15) is 0 Å². The molecule has 0 aliphatic heterocycles. The first-order chi connectivity index (χ1) is 7.65. The Morgan fingerprint density at radius 1 is 1.41 bits per heavy atom. The molecule has 6 nitrogen and oxygen atoms in total. The van der Waals surface area contributed by atoms with Crippen LogP contribution in [0.4, 0.5) is 0 Å². The van der Waals surface area contributed by atoms with Crippen LogP contribution in [0, 0.1) is 0 Å². The van der Waals surface area contributed by atoms with E-state index < -0.39 is 27.1 Å². The molecular weight excluding hydrogens is 238 g/mol. The van der Waals surface area contributed by atoms with E-state index in [4.69, 9.17) is 15.1 Å². The highest BCUT2D eigenvalue weighted by Gasteiger charge is 2.38. The lowest BCUT2D eigenvalue weighted by Crippen LogP contribution is -2.44. The van der Waals surface area contributed by atoms with Crippen LogP contribution in [0.25, 0.3) is 10.4 Å². The van der Waals surface area contributed by atoms with Gasteiger partial charge in [-0.15, -0.1) is 0 Å². The fourth-order valence-electron chi connectivity index (χ4n) is 0.920. The van der Waals surface area contributed by atoms with E-state index in [0.717, 1.165) is 0 Å². The lowest BCUT2D eigenvalue weighted by atomic mass is 10.2. The molecule has 0 saturated heterocycles. The maximum absolute atomic E-state index is 9.47. The van der Waals surface area contributed by atoms with E-state index in [9.17, 15) is 5.11 Å². The van der Waals surface area contributed by atoms with Gasteiger partial charge >= 0.3 is 0 Å². The Labute approximate surface area is 103 Å². The number of azide groups is 1. The Kier molecular flexibility index (Phi) is 6.15. The summed E-state index contributed by atoms with van der Waals surface area (Å²) in [7, 11) is -1.93. The molecule has 0 radical (unpaired) electrons. The van der Waals surface area contributed by atoms with Crippen molar-refractivity contribution < 1.29 is 14.6 Å². The van der Waals surface area contributed by atoms with Gasteiger partial charge in [0, 0.05) is 11.5 Å². The second-order valence-corrected chi connectivity index (χ2v) is 10.4. The van der Waals surface area contributed by atoms with Gasteiger partial charge in [-0.05, 0) is 23.7 Å². The summed E-state index contributed by atoms with van der Waals surface area (Å²) in [5.74, 6) is 0. The molecule has 0 aromatic rings. The molecule has 0 heterocycles. The van der Waals surface area contributed by atoms with Crippen molar-refractivity contribution in [2.24, 2.45) is 5.11 Å². The topological polar surface area (TPSA) is 98.5 Å². The van der Waals surface area contributed by atoms with E-state index in [0.29, 0.717) is 0 Å². The molecule has 0 fully saturated rings. The number of hydrogen-bond donors (Lipinski definition) is 2. The third kappa shape index (κ3) is 5.05. The summed E-state index contributed by atoms with van der Waals surface area (Å²) in [6.45, 7) is 10.2. The first-order valence-electron chi connectivity index (χ1n) is 5.63. The Balaban J connectivity index is 4.56. The second kappa shape index (κ2) is 6.37. The van der Waals surface area contributed by atoms with Gasteiger partial charge in [0.2, 0.25) is 0 Å². The van der Waals surface area contributed by atoms with Gasteiger partial charge in [-0.3, -0.25) is 0 Å². The maximum atomic E-state index is 9.47. The SMILES string of the molecule is CC(C)(C)[Si](C)(C)OC[C@@H](N=[N+]=[N-])[C@@H](O)CO. The van der Waals surface area contributed by atoms with Crippen molar-refractivity contribution in [2.75, 3.05) is 13.2 Å². The monoisotopic (exact) mass is 261 g/mol. The first-order valence-corrected chi connectivity index (χ1v) is 8.53. The predicted octanol–water partition coefficient (Wildman–Crippen LogP) is 2.04. The summed E-state index contributed by atoms with van der Waals surface area (Å²) < 4.78 is 5.83. The normalized spacial score (nSPS) is 16.2. The zero-order chi connectivity index (χ0) is 13.7. The largest absolute Gasteiger partial charge is 0.416 e. The Morgan fingerprint density at radius 3 is 2.29 bits per heavy atom. The van der Waals surface area contributed by atoms with E-state index in [1.807, 2.05) is 0 Å². The lowest BCUT2D eigenvalue weighted by molar-refractivity contribution is 0.0568. The highest BCUT2D eigenvalue weighted by atomic mass is 28.4. The zero-order valence-corrected chi connectivity index (χ0v) is 12.2. The summed E-state index contributed by atoms with van der Waals surface area (Å²) in [5.41, 5.74) is 8.39. The van der Waals surface area contributed by atoms with Crippen molar-refractivity contribution in [3.05, 3.63) is 10.4 Å².